The van der Waals surface area contributed by atoms with Crippen molar-refractivity contribution < 1.29 is 8.42 Å². The topological polar surface area (TPSA) is 50.3 Å². The van der Waals surface area contributed by atoms with E-state index in [0.717, 1.165) is 11.3 Å². The fraction of sp³-hybridized carbons (Fsp3) is 0.154. The summed E-state index contributed by atoms with van der Waals surface area (Å²) in [5.41, 5.74) is 1.77. The zero-order chi connectivity index (χ0) is 13.5. The minimum atomic E-state index is -3.52. The first-order valence-electron chi connectivity index (χ1n) is 5.76. The predicted molar refractivity (Wildman–Crippen MR) is 72.1 cm³/mol. The van der Waals surface area contributed by atoms with Crippen molar-refractivity contribution in [2.24, 2.45) is 0 Å². The smallest absolute Gasteiger partial charge is 0.243 e. The molecule has 2 aromatic rings. The van der Waals surface area contributed by atoms with E-state index >= 15 is 0 Å². The van der Waals surface area contributed by atoms with E-state index in [9.17, 15) is 8.42 Å². The fourth-order valence-corrected chi connectivity index (χ4v) is 3.80. The number of pyridine rings is 1. The van der Waals surface area contributed by atoms with E-state index in [1.807, 2.05) is 12.1 Å². The Morgan fingerprint density at radius 3 is 2.74 bits per heavy atom. The monoisotopic (exact) mass is 294 g/mol. The van der Waals surface area contributed by atoms with Gasteiger partial charge in [0, 0.05) is 17.8 Å². The molecule has 0 bridgehead atoms. The van der Waals surface area contributed by atoms with Gasteiger partial charge in [-0.05, 0) is 29.8 Å². The molecular formula is C13H11ClN2O2S. The van der Waals surface area contributed by atoms with Gasteiger partial charge in [0.2, 0.25) is 10.0 Å². The Balaban J connectivity index is 1.96. The van der Waals surface area contributed by atoms with Crippen LogP contribution >= 0.6 is 11.6 Å². The molecule has 0 saturated heterocycles. The molecular weight excluding hydrogens is 284 g/mol. The van der Waals surface area contributed by atoms with Gasteiger partial charge in [-0.25, -0.2) is 8.42 Å². The Morgan fingerprint density at radius 1 is 1.16 bits per heavy atom. The lowest BCUT2D eigenvalue weighted by atomic mass is 10.2. The molecule has 1 aromatic heterocycles. The van der Waals surface area contributed by atoms with Gasteiger partial charge in [-0.2, -0.15) is 4.31 Å². The van der Waals surface area contributed by atoms with Gasteiger partial charge < -0.3 is 0 Å². The molecule has 4 nitrogen and oxygen atoms in total. The van der Waals surface area contributed by atoms with Crippen molar-refractivity contribution in [2.45, 2.75) is 18.0 Å². The van der Waals surface area contributed by atoms with Crippen LogP contribution in [0.2, 0.25) is 5.02 Å². The van der Waals surface area contributed by atoms with Crippen molar-refractivity contribution in [3.63, 3.8) is 0 Å². The molecule has 1 aromatic carbocycles. The van der Waals surface area contributed by atoms with E-state index < -0.39 is 10.0 Å². The van der Waals surface area contributed by atoms with Crippen LogP contribution in [0, 0.1) is 0 Å². The van der Waals surface area contributed by atoms with Crippen molar-refractivity contribution >= 4 is 21.6 Å². The highest BCUT2D eigenvalue weighted by molar-refractivity contribution is 7.89. The van der Waals surface area contributed by atoms with Crippen molar-refractivity contribution in [1.82, 2.24) is 9.29 Å². The average Bonchev–Trinajstić information content (AvgIpc) is 2.83. The van der Waals surface area contributed by atoms with Crippen LogP contribution < -0.4 is 0 Å². The second kappa shape index (κ2) is 4.59. The Hall–Kier alpha value is -1.43. The maximum absolute atomic E-state index is 12.5. The Labute approximate surface area is 116 Å². The van der Waals surface area contributed by atoms with E-state index in [2.05, 4.69) is 4.98 Å². The lowest BCUT2D eigenvalue weighted by Crippen LogP contribution is -2.25. The summed E-state index contributed by atoms with van der Waals surface area (Å²) in [5, 5.41) is 0.413. The summed E-state index contributed by atoms with van der Waals surface area (Å²) in [6, 6.07) is 10.0. The molecule has 1 aliphatic rings. The van der Waals surface area contributed by atoms with Gasteiger partial charge in [0.05, 0.1) is 17.1 Å². The van der Waals surface area contributed by atoms with Crippen molar-refractivity contribution in [2.75, 3.05) is 0 Å². The highest BCUT2D eigenvalue weighted by atomic mass is 35.5. The van der Waals surface area contributed by atoms with Gasteiger partial charge >= 0.3 is 0 Å². The molecule has 0 atom stereocenters. The SMILES string of the molecule is O=S(=O)(c1cccc(Cl)c1)N1Cc2cccnc2C1. The van der Waals surface area contributed by atoms with Crippen molar-refractivity contribution in [1.29, 1.82) is 0 Å². The molecule has 98 valence electrons. The third-order valence-corrected chi connectivity index (χ3v) is 5.11. The van der Waals surface area contributed by atoms with Gasteiger partial charge in [-0.3, -0.25) is 4.98 Å². The van der Waals surface area contributed by atoms with E-state index in [1.165, 1.54) is 10.4 Å². The Kier molecular flexibility index (Phi) is 3.05. The number of fused-ring (bicyclic) bond motifs is 1. The minimum Gasteiger partial charge on any atom is -0.260 e. The van der Waals surface area contributed by atoms with E-state index in [-0.39, 0.29) is 4.90 Å². The normalized spacial score (nSPS) is 15.4. The maximum atomic E-state index is 12.5. The third-order valence-electron chi connectivity index (χ3n) is 3.09. The molecule has 0 amide bonds. The molecule has 0 radical (unpaired) electrons. The molecule has 1 aliphatic heterocycles. The number of sulfonamides is 1. The standard InChI is InChI=1S/C13H11ClN2O2S/c14-11-4-1-5-12(7-11)19(17,18)16-8-10-3-2-6-15-13(10)9-16/h1-7H,8-9H2. The summed E-state index contributed by atoms with van der Waals surface area (Å²) in [7, 11) is -3.52. The second-order valence-electron chi connectivity index (χ2n) is 4.34. The third kappa shape index (κ3) is 2.25. The first kappa shape index (κ1) is 12.6. The highest BCUT2D eigenvalue weighted by Gasteiger charge is 2.31. The zero-order valence-electron chi connectivity index (χ0n) is 9.95. The number of halogens is 1. The molecule has 0 fully saturated rings. The molecule has 3 rings (SSSR count). The van der Waals surface area contributed by atoms with Gasteiger partial charge in [0.1, 0.15) is 0 Å². The molecule has 0 aliphatic carbocycles. The lowest BCUT2D eigenvalue weighted by molar-refractivity contribution is 0.430. The number of hydrogen-bond acceptors (Lipinski definition) is 3. The quantitative estimate of drug-likeness (QED) is 0.855. The van der Waals surface area contributed by atoms with Crippen LogP contribution in [0.1, 0.15) is 11.3 Å². The summed E-state index contributed by atoms with van der Waals surface area (Å²) >= 11 is 5.85. The fourth-order valence-electron chi connectivity index (χ4n) is 2.12. The van der Waals surface area contributed by atoms with E-state index in [0.29, 0.717) is 18.1 Å². The maximum Gasteiger partial charge on any atom is 0.243 e. The summed E-state index contributed by atoms with van der Waals surface area (Å²) in [4.78, 5) is 4.42. The van der Waals surface area contributed by atoms with Crippen LogP contribution in [0.5, 0.6) is 0 Å². The molecule has 6 heteroatoms. The number of benzene rings is 1. The molecule has 0 spiro atoms. The summed E-state index contributed by atoms with van der Waals surface area (Å²) in [6.07, 6.45) is 1.67. The van der Waals surface area contributed by atoms with Gasteiger partial charge in [0.15, 0.2) is 0 Å². The van der Waals surface area contributed by atoms with Crippen LogP contribution in [0.15, 0.2) is 47.5 Å². The Morgan fingerprint density at radius 2 is 2.00 bits per heavy atom. The average molecular weight is 295 g/mol. The molecule has 0 saturated carbocycles. The summed E-state index contributed by atoms with van der Waals surface area (Å²) in [5.74, 6) is 0. The van der Waals surface area contributed by atoms with Crippen LogP contribution in [-0.4, -0.2) is 17.7 Å². The molecule has 0 N–H and O–H groups in total. The zero-order valence-corrected chi connectivity index (χ0v) is 11.5. The molecule has 2 heterocycles. The van der Waals surface area contributed by atoms with Crippen molar-refractivity contribution in [3.05, 3.63) is 58.9 Å². The number of hydrogen-bond donors (Lipinski definition) is 0. The van der Waals surface area contributed by atoms with E-state index in [1.54, 1.807) is 24.4 Å². The molecule has 19 heavy (non-hydrogen) atoms. The number of nitrogens with zero attached hydrogens (tertiary/aromatic N) is 2. The largest absolute Gasteiger partial charge is 0.260 e. The van der Waals surface area contributed by atoms with Crippen LogP contribution in [0.3, 0.4) is 0 Å². The Bertz CT molecular complexity index is 706. The first-order chi connectivity index (χ1) is 9.07. The minimum absolute atomic E-state index is 0.216. The summed E-state index contributed by atoms with van der Waals surface area (Å²) in [6.45, 7) is 0.670. The highest BCUT2D eigenvalue weighted by Crippen LogP contribution is 2.28. The van der Waals surface area contributed by atoms with E-state index in [4.69, 9.17) is 11.6 Å². The van der Waals surface area contributed by atoms with Gasteiger partial charge in [0.25, 0.3) is 0 Å². The summed E-state index contributed by atoms with van der Waals surface area (Å²) < 4.78 is 26.4. The lowest BCUT2D eigenvalue weighted by Gasteiger charge is -2.15. The first-order valence-corrected chi connectivity index (χ1v) is 7.58. The predicted octanol–water partition coefficient (Wildman–Crippen LogP) is 2.44. The van der Waals surface area contributed by atoms with Crippen LogP contribution in [0.4, 0.5) is 0 Å². The van der Waals surface area contributed by atoms with Crippen LogP contribution in [0.25, 0.3) is 0 Å². The van der Waals surface area contributed by atoms with Gasteiger partial charge in [-0.15, -0.1) is 0 Å². The van der Waals surface area contributed by atoms with Gasteiger partial charge in [-0.1, -0.05) is 23.7 Å². The van der Waals surface area contributed by atoms with Crippen LogP contribution in [-0.2, 0) is 23.1 Å². The molecule has 0 unspecified atom stereocenters. The number of rotatable bonds is 2. The number of aromatic nitrogens is 1. The van der Waals surface area contributed by atoms with Crippen molar-refractivity contribution in [3.8, 4) is 0 Å². The second-order valence-corrected chi connectivity index (χ2v) is 6.71.